The Bertz CT molecular complexity index is 275. The van der Waals surface area contributed by atoms with Crippen LogP contribution in [0.25, 0.3) is 0 Å². The lowest BCUT2D eigenvalue weighted by molar-refractivity contribution is -0.135. The number of hydrogen-bond donors (Lipinski definition) is 0. The number of carbonyl (C=O) groups excluding carboxylic acids is 1. The Morgan fingerprint density at radius 1 is 1.54 bits per heavy atom. The monoisotopic (exact) mass is 184 g/mol. The lowest BCUT2D eigenvalue weighted by Gasteiger charge is -2.04. The van der Waals surface area contributed by atoms with Crippen molar-refractivity contribution < 1.29 is 13.9 Å². The van der Waals surface area contributed by atoms with E-state index in [2.05, 4.69) is 11.3 Å². The average Bonchev–Trinajstić information content (AvgIpc) is 2.04. The van der Waals surface area contributed by atoms with Crippen LogP contribution < -0.4 is 0 Å². The maximum absolute atomic E-state index is 13.2. The van der Waals surface area contributed by atoms with E-state index in [4.69, 9.17) is 0 Å². The van der Waals surface area contributed by atoms with Crippen LogP contribution in [0.15, 0.2) is 35.7 Å². The lowest BCUT2D eigenvalue weighted by atomic mass is 10.1. The fraction of sp³-hybridized carbons (Fsp3) is 0.300. The van der Waals surface area contributed by atoms with Crippen LogP contribution in [-0.4, -0.2) is 13.1 Å². The molecule has 0 aliphatic carbocycles. The van der Waals surface area contributed by atoms with Gasteiger partial charge in [0, 0.05) is 0 Å². The summed E-state index contributed by atoms with van der Waals surface area (Å²) in [5.41, 5.74) is 0.239. The van der Waals surface area contributed by atoms with Gasteiger partial charge in [-0.3, -0.25) is 0 Å². The topological polar surface area (TPSA) is 26.3 Å². The van der Waals surface area contributed by atoms with Crippen LogP contribution in [0, 0.1) is 0 Å². The first-order valence-electron chi connectivity index (χ1n) is 3.81. The molecule has 0 amide bonds. The van der Waals surface area contributed by atoms with E-state index in [1.54, 1.807) is 13.8 Å². The Morgan fingerprint density at radius 2 is 2.08 bits per heavy atom. The van der Waals surface area contributed by atoms with E-state index in [1.165, 1.54) is 19.3 Å². The highest BCUT2D eigenvalue weighted by molar-refractivity contribution is 5.93. The summed E-state index contributed by atoms with van der Waals surface area (Å²) in [7, 11) is 1.20. The Kier molecular flexibility index (Phi) is 4.74. The second-order valence-corrected chi connectivity index (χ2v) is 2.49. The molecule has 0 fully saturated rings. The van der Waals surface area contributed by atoms with Crippen LogP contribution >= 0.6 is 0 Å². The minimum atomic E-state index is -0.705. The van der Waals surface area contributed by atoms with E-state index in [-0.39, 0.29) is 5.57 Å². The molecule has 0 aromatic heterocycles. The molecule has 13 heavy (non-hydrogen) atoms. The van der Waals surface area contributed by atoms with Crippen molar-refractivity contribution in [3.05, 3.63) is 35.7 Å². The van der Waals surface area contributed by atoms with Crippen molar-refractivity contribution in [2.45, 2.75) is 13.8 Å². The van der Waals surface area contributed by atoms with Crippen LogP contribution in [0.5, 0.6) is 0 Å². The molecule has 0 aromatic rings. The number of allylic oxidation sites excluding steroid dienone is 3. The smallest absolute Gasteiger partial charge is 0.341 e. The summed E-state index contributed by atoms with van der Waals surface area (Å²) in [6.07, 6.45) is 2.70. The van der Waals surface area contributed by atoms with Crippen molar-refractivity contribution in [3.8, 4) is 0 Å². The minimum absolute atomic E-state index is 0.111. The van der Waals surface area contributed by atoms with Crippen molar-refractivity contribution in [3.63, 3.8) is 0 Å². The Hall–Kier alpha value is -1.38. The Morgan fingerprint density at radius 3 is 2.38 bits per heavy atom. The van der Waals surface area contributed by atoms with Gasteiger partial charge in [0.05, 0.1) is 12.7 Å². The lowest BCUT2D eigenvalue weighted by Crippen LogP contribution is -2.06. The molecule has 0 bridgehead atoms. The van der Waals surface area contributed by atoms with Gasteiger partial charge < -0.3 is 4.74 Å². The predicted molar refractivity (Wildman–Crippen MR) is 49.8 cm³/mol. The summed E-state index contributed by atoms with van der Waals surface area (Å²) in [4.78, 5) is 11.1. The van der Waals surface area contributed by atoms with E-state index >= 15 is 0 Å². The summed E-state index contributed by atoms with van der Waals surface area (Å²) in [6, 6.07) is 0. The normalized spacial score (nSPS) is 12.6. The molecule has 0 aromatic carbocycles. The van der Waals surface area contributed by atoms with Gasteiger partial charge in [-0.2, -0.15) is 0 Å². The van der Waals surface area contributed by atoms with E-state index < -0.39 is 11.8 Å². The molecule has 0 saturated heterocycles. The zero-order valence-corrected chi connectivity index (χ0v) is 8.06. The first-order valence-corrected chi connectivity index (χ1v) is 3.81. The number of carbonyl (C=O) groups is 1. The zero-order chi connectivity index (χ0) is 10.4. The average molecular weight is 184 g/mol. The van der Waals surface area contributed by atoms with Gasteiger partial charge >= 0.3 is 5.97 Å². The fourth-order valence-electron chi connectivity index (χ4n) is 0.807. The highest BCUT2D eigenvalue weighted by Gasteiger charge is 2.14. The molecule has 0 unspecified atom stereocenters. The van der Waals surface area contributed by atoms with E-state index in [1.807, 2.05) is 0 Å². The molecule has 0 aliphatic heterocycles. The van der Waals surface area contributed by atoms with Crippen molar-refractivity contribution in [1.29, 1.82) is 0 Å². The van der Waals surface area contributed by atoms with Gasteiger partial charge in [-0.1, -0.05) is 12.7 Å². The van der Waals surface area contributed by atoms with Gasteiger partial charge in [0.1, 0.15) is 5.83 Å². The van der Waals surface area contributed by atoms with Crippen molar-refractivity contribution in [2.24, 2.45) is 0 Å². The third-order valence-electron chi connectivity index (χ3n) is 1.37. The quantitative estimate of drug-likeness (QED) is 0.382. The van der Waals surface area contributed by atoms with Crippen LogP contribution in [0.2, 0.25) is 0 Å². The number of methoxy groups -OCH3 is 1. The molecular weight excluding hydrogens is 171 g/mol. The number of halogens is 1. The van der Waals surface area contributed by atoms with E-state index in [0.29, 0.717) is 5.57 Å². The molecule has 0 rings (SSSR count). The Labute approximate surface area is 77.4 Å². The fourth-order valence-corrected chi connectivity index (χ4v) is 0.807. The molecule has 0 N–H and O–H groups in total. The van der Waals surface area contributed by atoms with Gasteiger partial charge in [-0.05, 0) is 25.5 Å². The van der Waals surface area contributed by atoms with E-state index in [0.717, 1.165) is 0 Å². The van der Waals surface area contributed by atoms with Gasteiger partial charge in [0.2, 0.25) is 0 Å². The predicted octanol–water partition coefficient (Wildman–Crippen LogP) is 2.54. The SMILES string of the molecule is C=C(C)/C(C(=O)OC)=C(F)\C=C/C. The van der Waals surface area contributed by atoms with Crippen LogP contribution in [0.4, 0.5) is 4.39 Å². The minimum Gasteiger partial charge on any atom is -0.465 e. The highest BCUT2D eigenvalue weighted by Crippen LogP contribution is 2.16. The molecule has 0 spiro atoms. The standard InChI is InChI=1S/C10H13FO2/c1-5-6-8(11)9(7(2)3)10(12)13-4/h5-6H,2H2,1,3-4H3/b6-5-,9-8-. The molecule has 0 atom stereocenters. The molecule has 72 valence electrons. The van der Waals surface area contributed by atoms with E-state index in [9.17, 15) is 9.18 Å². The summed E-state index contributed by atoms with van der Waals surface area (Å²) in [5.74, 6) is -1.33. The molecule has 3 heteroatoms. The maximum atomic E-state index is 13.2. The van der Waals surface area contributed by atoms with Crippen molar-refractivity contribution in [1.82, 2.24) is 0 Å². The van der Waals surface area contributed by atoms with Gasteiger partial charge in [-0.15, -0.1) is 0 Å². The molecular formula is C10H13FO2. The molecule has 0 saturated carbocycles. The second kappa shape index (κ2) is 5.30. The van der Waals surface area contributed by atoms with Gasteiger partial charge in [0.25, 0.3) is 0 Å². The second-order valence-electron chi connectivity index (χ2n) is 2.49. The summed E-state index contributed by atoms with van der Waals surface area (Å²) < 4.78 is 17.6. The number of ether oxygens (including phenoxy) is 1. The van der Waals surface area contributed by atoms with Crippen molar-refractivity contribution in [2.75, 3.05) is 7.11 Å². The molecule has 0 heterocycles. The number of hydrogen-bond acceptors (Lipinski definition) is 2. The van der Waals surface area contributed by atoms with Crippen LogP contribution in [0.3, 0.4) is 0 Å². The maximum Gasteiger partial charge on any atom is 0.341 e. The summed E-state index contributed by atoms with van der Waals surface area (Å²) in [5, 5.41) is 0. The first kappa shape index (κ1) is 11.6. The van der Waals surface area contributed by atoms with Crippen LogP contribution in [0.1, 0.15) is 13.8 Å². The number of rotatable bonds is 3. The number of esters is 1. The van der Waals surface area contributed by atoms with Crippen molar-refractivity contribution >= 4 is 5.97 Å². The molecule has 0 radical (unpaired) electrons. The van der Waals surface area contributed by atoms with Gasteiger partial charge in [-0.25, -0.2) is 9.18 Å². The summed E-state index contributed by atoms with van der Waals surface area (Å²) >= 11 is 0. The summed E-state index contributed by atoms with van der Waals surface area (Å²) in [6.45, 7) is 6.71. The third kappa shape index (κ3) is 3.23. The zero-order valence-electron chi connectivity index (χ0n) is 8.06. The van der Waals surface area contributed by atoms with Gasteiger partial charge in [0.15, 0.2) is 0 Å². The Balaban J connectivity index is 5.11. The first-order chi connectivity index (χ1) is 6.04. The molecule has 0 aliphatic rings. The van der Waals surface area contributed by atoms with Crippen LogP contribution in [-0.2, 0) is 9.53 Å². The highest BCUT2D eigenvalue weighted by atomic mass is 19.1. The molecule has 2 nitrogen and oxygen atoms in total. The third-order valence-corrected chi connectivity index (χ3v) is 1.37. The largest absolute Gasteiger partial charge is 0.465 e.